The van der Waals surface area contributed by atoms with Gasteiger partial charge in [0.2, 0.25) is 5.78 Å². The molecule has 0 saturated carbocycles. The van der Waals surface area contributed by atoms with Crippen molar-refractivity contribution in [3.8, 4) is 0 Å². The van der Waals surface area contributed by atoms with E-state index in [0.717, 1.165) is 17.0 Å². The van der Waals surface area contributed by atoms with Crippen molar-refractivity contribution in [2.45, 2.75) is 53.1 Å². The van der Waals surface area contributed by atoms with E-state index in [1.165, 1.54) is 4.52 Å². The molecule has 2 aromatic heterocycles. The van der Waals surface area contributed by atoms with E-state index in [1.807, 2.05) is 32.0 Å². The number of carbonyl (C=O) groups is 2. The van der Waals surface area contributed by atoms with Crippen LogP contribution in [-0.4, -0.2) is 37.4 Å². The molecule has 1 atom stereocenters. The van der Waals surface area contributed by atoms with Crippen LogP contribution >= 0.6 is 0 Å². The van der Waals surface area contributed by atoms with Gasteiger partial charge in [0.05, 0.1) is 0 Å². The van der Waals surface area contributed by atoms with Gasteiger partial charge < -0.3 is 4.74 Å². The van der Waals surface area contributed by atoms with Crippen molar-refractivity contribution >= 4 is 17.5 Å². The molecule has 7 nitrogen and oxygen atoms in total. The Bertz CT molecular complexity index is 1050. The molecule has 1 aromatic carbocycles. The van der Waals surface area contributed by atoms with Crippen LogP contribution in [0.4, 0.5) is 0 Å². The minimum atomic E-state index is -0.949. The number of esters is 1. The molecule has 2 heterocycles. The topological polar surface area (TPSA) is 86.5 Å². The molecule has 0 spiro atoms. The smallest absolute Gasteiger partial charge is 0.379 e. The molecule has 0 fully saturated rings. The van der Waals surface area contributed by atoms with Crippen molar-refractivity contribution in [3.05, 3.63) is 58.7 Å². The number of nitrogens with zero attached hydrogens (tertiary/aromatic N) is 4. The summed E-state index contributed by atoms with van der Waals surface area (Å²) in [5, 5.41) is 4.13. The Labute approximate surface area is 163 Å². The van der Waals surface area contributed by atoms with E-state index in [1.54, 1.807) is 19.1 Å². The van der Waals surface area contributed by atoms with Gasteiger partial charge in [0.15, 0.2) is 6.10 Å². The molecule has 0 saturated heterocycles. The maximum absolute atomic E-state index is 12.6. The lowest BCUT2D eigenvalue weighted by Crippen LogP contribution is -2.25. The minimum Gasteiger partial charge on any atom is -0.448 e. The molecule has 7 heteroatoms. The summed E-state index contributed by atoms with van der Waals surface area (Å²) in [7, 11) is 0. The second-order valence-corrected chi connectivity index (χ2v) is 7.93. The summed E-state index contributed by atoms with van der Waals surface area (Å²) in [5.41, 5.74) is 3.20. The lowest BCUT2D eigenvalue weighted by molar-refractivity contribution is 0.0307. The number of hydrogen-bond donors (Lipinski definition) is 0. The van der Waals surface area contributed by atoms with Crippen LogP contribution in [0, 0.1) is 13.8 Å². The summed E-state index contributed by atoms with van der Waals surface area (Å²) in [6, 6.07) is 9.19. The minimum absolute atomic E-state index is 0.00102. The van der Waals surface area contributed by atoms with Crippen molar-refractivity contribution < 1.29 is 14.3 Å². The molecule has 0 bridgehead atoms. The average molecular weight is 380 g/mol. The highest BCUT2D eigenvalue weighted by Crippen LogP contribution is 2.22. The van der Waals surface area contributed by atoms with Crippen LogP contribution in [0.1, 0.15) is 65.6 Å². The molecular formula is C21H24N4O3. The Balaban J connectivity index is 1.75. The first-order valence-electron chi connectivity index (χ1n) is 9.13. The van der Waals surface area contributed by atoms with Gasteiger partial charge in [0.1, 0.15) is 0 Å². The van der Waals surface area contributed by atoms with E-state index in [4.69, 9.17) is 4.74 Å². The quantitative estimate of drug-likeness (QED) is 0.509. The highest BCUT2D eigenvalue weighted by Gasteiger charge is 2.24. The van der Waals surface area contributed by atoms with Gasteiger partial charge in [0.25, 0.3) is 11.6 Å². The fraction of sp³-hybridized carbons (Fsp3) is 0.381. The van der Waals surface area contributed by atoms with Crippen molar-refractivity contribution in [2.75, 3.05) is 0 Å². The highest BCUT2D eigenvalue weighted by atomic mass is 16.5. The third-order valence-electron chi connectivity index (χ3n) is 4.49. The van der Waals surface area contributed by atoms with Crippen molar-refractivity contribution in [3.63, 3.8) is 0 Å². The monoisotopic (exact) mass is 380 g/mol. The summed E-state index contributed by atoms with van der Waals surface area (Å²) in [5.74, 6) is -0.831. The van der Waals surface area contributed by atoms with Gasteiger partial charge in [-0.05, 0) is 37.8 Å². The van der Waals surface area contributed by atoms with E-state index in [9.17, 15) is 9.59 Å². The molecular weight excluding hydrogens is 356 g/mol. The second-order valence-electron chi connectivity index (χ2n) is 7.93. The normalized spacial score (nSPS) is 12.8. The van der Waals surface area contributed by atoms with Gasteiger partial charge in [0, 0.05) is 17.0 Å². The number of aromatic nitrogens is 4. The Kier molecular flexibility index (Phi) is 5.02. The van der Waals surface area contributed by atoms with E-state index in [2.05, 4.69) is 35.8 Å². The predicted octanol–water partition coefficient (Wildman–Crippen LogP) is 3.47. The highest BCUT2D eigenvalue weighted by molar-refractivity contribution is 6.01. The van der Waals surface area contributed by atoms with Gasteiger partial charge in [-0.1, -0.05) is 45.0 Å². The average Bonchev–Trinajstić information content (AvgIpc) is 3.05. The fourth-order valence-corrected chi connectivity index (χ4v) is 2.89. The number of fused-ring (bicyclic) bond motifs is 1. The molecule has 146 valence electrons. The number of hydrogen-bond acceptors (Lipinski definition) is 6. The summed E-state index contributed by atoms with van der Waals surface area (Å²) in [4.78, 5) is 33.4. The molecule has 28 heavy (non-hydrogen) atoms. The number of rotatable bonds is 4. The number of ether oxygens (including phenoxy) is 1. The van der Waals surface area contributed by atoms with Crippen molar-refractivity contribution in [1.29, 1.82) is 0 Å². The van der Waals surface area contributed by atoms with E-state index in [-0.39, 0.29) is 17.0 Å². The maximum atomic E-state index is 12.6. The first-order chi connectivity index (χ1) is 13.1. The summed E-state index contributed by atoms with van der Waals surface area (Å²) < 4.78 is 6.77. The lowest BCUT2D eigenvalue weighted by Gasteiger charge is -2.19. The SMILES string of the molecule is Cc1cc(C)n2nc(C(=O)O[C@@H](C)C(=O)c3ccc(C(C)(C)C)cc3)nc2n1. The molecule has 0 amide bonds. The van der Waals surface area contributed by atoms with Gasteiger partial charge in [-0.3, -0.25) is 4.79 Å². The maximum Gasteiger partial charge on any atom is 0.379 e. The largest absolute Gasteiger partial charge is 0.448 e. The molecule has 3 aromatic rings. The molecule has 3 rings (SSSR count). The number of aryl methyl sites for hydroxylation is 2. The Morgan fingerprint density at radius 1 is 1.07 bits per heavy atom. The van der Waals surface area contributed by atoms with Crippen LogP contribution in [0.5, 0.6) is 0 Å². The number of ketones is 1. The number of Topliss-reactive ketones (excluding diaryl/α,β-unsaturated/α-hetero) is 1. The first kappa shape index (κ1) is 19.7. The van der Waals surface area contributed by atoms with Crippen LogP contribution in [0.25, 0.3) is 5.78 Å². The van der Waals surface area contributed by atoms with E-state index < -0.39 is 12.1 Å². The zero-order valence-electron chi connectivity index (χ0n) is 17.0. The zero-order valence-corrected chi connectivity index (χ0v) is 17.0. The lowest BCUT2D eigenvalue weighted by atomic mass is 9.86. The van der Waals surface area contributed by atoms with Crippen LogP contribution in [0.15, 0.2) is 30.3 Å². The van der Waals surface area contributed by atoms with Gasteiger partial charge >= 0.3 is 5.97 Å². The molecule has 0 N–H and O–H groups in total. The van der Waals surface area contributed by atoms with Crippen molar-refractivity contribution in [2.24, 2.45) is 0 Å². The van der Waals surface area contributed by atoms with E-state index in [0.29, 0.717) is 11.3 Å². The van der Waals surface area contributed by atoms with Gasteiger partial charge in [-0.25, -0.2) is 14.3 Å². The predicted molar refractivity (Wildman–Crippen MR) is 105 cm³/mol. The Morgan fingerprint density at radius 3 is 2.32 bits per heavy atom. The standard InChI is InChI=1S/C21H24N4O3/c1-12-11-13(2)25-20(22-12)23-18(24-25)19(27)28-14(3)17(26)15-7-9-16(10-8-15)21(4,5)6/h7-11,14H,1-6H3/t14-/m0/s1. The van der Waals surface area contributed by atoms with E-state index >= 15 is 0 Å². The Morgan fingerprint density at radius 2 is 1.71 bits per heavy atom. The first-order valence-corrected chi connectivity index (χ1v) is 9.13. The third-order valence-corrected chi connectivity index (χ3v) is 4.49. The number of carbonyl (C=O) groups excluding carboxylic acids is 2. The molecule has 0 aliphatic heterocycles. The zero-order chi connectivity index (χ0) is 20.6. The molecule has 0 radical (unpaired) electrons. The number of benzene rings is 1. The second kappa shape index (κ2) is 7.14. The van der Waals surface area contributed by atoms with Crippen LogP contribution in [-0.2, 0) is 10.2 Å². The Hall–Kier alpha value is -3.09. The summed E-state index contributed by atoms with van der Waals surface area (Å²) in [6.07, 6.45) is -0.949. The molecule has 0 unspecified atom stereocenters. The summed E-state index contributed by atoms with van der Waals surface area (Å²) >= 11 is 0. The van der Waals surface area contributed by atoms with Crippen LogP contribution < -0.4 is 0 Å². The molecule has 0 aliphatic carbocycles. The molecule has 0 aliphatic rings. The summed E-state index contributed by atoms with van der Waals surface area (Å²) in [6.45, 7) is 11.5. The van der Waals surface area contributed by atoms with Crippen LogP contribution in [0.3, 0.4) is 0 Å². The third kappa shape index (κ3) is 3.93. The van der Waals surface area contributed by atoms with Crippen LogP contribution in [0.2, 0.25) is 0 Å². The van der Waals surface area contributed by atoms with Crippen molar-refractivity contribution in [1.82, 2.24) is 19.6 Å². The van der Waals surface area contributed by atoms with Gasteiger partial charge in [-0.15, -0.1) is 5.10 Å². The fourth-order valence-electron chi connectivity index (χ4n) is 2.89. The van der Waals surface area contributed by atoms with Gasteiger partial charge in [-0.2, -0.15) is 4.98 Å².